The molecule has 0 atom stereocenters. The molecule has 0 aliphatic carbocycles. The van der Waals surface area contributed by atoms with Crippen LogP contribution in [0.2, 0.25) is 0 Å². The van der Waals surface area contributed by atoms with Gasteiger partial charge in [-0.3, -0.25) is 0 Å². The molecular weight excluding hydrogens is 391 g/mol. The van der Waals surface area contributed by atoms with Gasteiger partial charge in [0.15, 0.2) is 0 Å². The van der Waals surface area contributed by atoms with Gasteiger partial charge >= 0.3 is 29.6 Å². The third kappa shape index (κ3) is 8.34. The Morgan fingerprint density at radius 3 is 1.76 bits per heavy atom. The minimum absolute atomic E-state index is 0. The topological polar surface area (TPSA) is 57.2 Å². The van der Waals surface area contributed by atoms with Gasteiger partial charge in [0.2, 0.25) is 0 Å². The third-order valence-corrected chi connectivity index (χ3v) is 6.44. The zero-order chi connectivity index (χ0) is 20.4. The minimum Gasteiger partial charge on any atom is -0.744 e. The number of aryl methyl sites for hydroxylation is 2. The SMILES string of the molecule is CCCCCCCc1cccc2c(S(=O)(=O)[O-])ccc(CCCCCCC)c12.[Na+]. The van der Waals surface area contributed by atoms with Crippen LogP contribution in [0.15, 0.2) is 35.2 Å². The van der Waals surface area contributed by atoms with Crippen molar-refractivity contribution in [2.45, 2.75) is 95.8 Å². The molecule has 0 amide bonds. The molecule has 0 fully saturated rings. The van der Waals surface area contributed by atoms with E-state index in [-0.39, 0.29) is 34.5 Å². The van der Waals surface area contributed by atoms with Crippen molar-refractivity contribution in [3.05, 3.63) is 41.5 Å². The van der Waals surface area contributed by atoms with Crippen LogP contribution in [0.4, 0.5) is 0 Å². The number of rotatable bonds is 13. The van der Waals surface area contributed by atoms with Crippen LogP contribution in [0, 0.1) is 0 Å². The standard InChI is InChI=1S/C24H36O3S.Na/c1-3-5-7-9-11-14-20-16-13-17-22-23(28(25,26)27)19-18-21(24(20)22)15-12-10-8-6-4-2;/h13,16-19H,3-12,14-15H2,1-2H3,(H,25,26,27);/q;+1/p-1. The van der Waals surface area contributed by atoms with Gasteiger partial charge in [-0.25, -0.2) is 8.42 Å². The molecule has 0 bridgehead atoms. The van der Waals surface area contributed by atoms with Gasteiger partial charge in [-0.1, -0.05) is 89.5 Å². The molecule has 0 heterocycles. The maximum Gasteiger partial charge on any atom is 1.00 e. The van der Waals surface area contributed by atoms with E-state index in [1.54, 1.807) is 6.07 Å². The summed E-state index contributed by atoms with van der Waals surface area (Å²) in [6.45, 7) is 4.42. The number of unbranched alkanes of at least 4 members (excludes halogenated alkanes) is 8. The van der Waals surface area contributed by atoms with E-state index in [9.17, 15) is 13.0 Å². The van der Waals surface area contributed by atoms with Crippen molar-refractivity contribution in [3.8, 4) is 0 Å². The number of hydrogen-bond acceptors (Lipinski definition) is 3. The summed E-state index contributed by atoms with van der Waals surface area (Å²) in [7, 11) is -4.48. The predicted octanol–water partition coefficient (Wildman–Crippen LogP) is 3.77. The van der Waals surface area contributed by atoms with Crippen LogP contribution in [0.25, 0.3) is 10.8 Å². The van der Waals surface area contributed by atoms with Crippen LogP contribution >= 0.6 is 0 Å². The summed E-state index contributed by atoms with van der Waals surface area (Å²) in [6.07, 6.45) is 13.9. The van der Waals surface area contributed by atoms with Crippen LogP contribution in [0.1, 0.15) is 89.2 Å². The quantitative estimate of drug-likeness (QED) is 0.278. The molecule has 156 valence electrons. The molecule has 0 saturated carbocycles. The summed E-state index contributed by atoms with van der Waals surface area (Å²) in [4.78, 5) is -0.0786. The van der Waals surface area contributed by atoms with Crippen molar-refractivity contribution in [2.24, 2.45) is 0 Å². The first-order valence-corrected chi connectivity index (χ1v) is 12.4. The van der Waals surface area contributed by atoms with Crippen molar-refractivity contribution < 1.29 is 42.5 Å². The predicted molar refractivity (Wildman–Crippen MR) is 117 cm³/mol. The van der Waals surface area contributed by atoms with Crippen molar-refractivity contribution >= 4 is 20.9 Å². The molecule has 0 aliphatic rings. The molecule has 3 nitrogen and oxygen atoms in total. The second kappa shape index (κ2) is 13.8. The summed E-state index contributed by atoms with van der Waals surface area (Å²) in [5.41, 5.74) is 2.37. The Kier molecular flexibility index (Phi) is 12.7. The maximum absolute atomic E-state index is 11.8. The molecule has 0 aromatic heterocycles. The number of benzene rings is 2. The largest absolute Gasteiger partial charge is 1.00 e. The Morgan fingerprint density at radius 1 is 0.724 bits per heavy atom. The monoisotopic (exact) mass is 426 g/mol. The van der Waals surface area contributed by atoms with Crippen LogP contribution < -0.4 is 29.6 Å². The van der Waals surface area contributed by atoms with Crippen molar-refractivity contribution in [1.82, 2.24) is 0 Å². The fraction of sp³-hybridized carbons (Fsp3) is 0.583. The molecule has 2 aromatic rings. The number of hydrogen-bond donors (Lipinski definition) is 0. The molecular formula is C24H35NaO3S. The van der Waals surface area contributed by atoms with Crippen LogP contribution in [0.3, 0.4) is 0 Å². The van der Waals surface area contributed by atoms with Crippen molar-refractivity contribution in [2.75, 3.05) is 0 Å². The molecule has 29 heavy (non-hydrogen) atoms. The summed E-state index contributed by atoms with van der Waals surface area (Å²) in [5.74, 6) is 0. The first-order valence-electron chi connectivity index (χ1n) is 11.0. The van der Waals surface area contributed by atoms with Gasteiger partial charge in [-0.05, 0) is 53.6 Å². The fourth-order valence-corrected chi connectivity index (χ4v) is 4.68. The number of fused-ring (bicyclic) bond motifs is 1. The van der Waals surface area contributed by atoms with E-state index in [2.05, 4.69) is 19.9 Å². The van der Waals surface area contributed by atoms with Crippen LogP contribution in [0.5, 0.6) is 0 Å². The van der Waals surface area contributed by atoms with Gasteiger partial charge in [-0.2, -0.15) is 0 Å². The van der Waals surface area contributed by atoms with Gasteiger partial charge in [0, 0.05) is 0 Å². The average Bonchev–Trinajstić information content (AvgIpc) is 2.66. The fourth-order valence-electron chi connectivity index (χ4n) is 4.01. The molecule has 0 unspecified atom stereocenters. The van der Waals surface area contributed by atoms with Gasteiger partial charge in [0.1, 0.15) is 10.1 Å². The Hall–Kier alpha value is -0.390. The third-order valence-electron chi connectivity index (χ3n) is 5.54. The second-order valence-electron chi connectivity index (χ2n) is 7.85. The Morgan fingerprint density at radius 2 is 1.24 bits per heavy atom. The van der Waals surface area contributed by atoms with Crippen molar-refractivity contribution in [3.63, 3.8) is 0 Å². The van der Waals surface area contributed by atoms with E-state index in [0.29, 0.717) is 5.39 Å². The molecule has 0 spiro atoms. The van der Waals surface area contributed by atoms with Gasteiger partial charge in [0.05, 0.1) is 4.90 Å². The molecule has 0 N–H and O–H groups in total. The molecule has 5 heteroatoms. The summed E-state index contributed by atoms with van der Waals surface area (Å²) < 4.78 is 35.3. The van der Waals surface area contributed by atoms with Gasteiger partial charge < -0.3 is 4.55 Å². The minimum atomic E-state index is -4.48. The van der Waals surface area contributed by atoms with E-state index < -0.39 is 10.1 Å². The molecule has 2 rings (SSSR count). The summed E-state index contributed by atoms with van der Waals surface area (Å²) in [6, 6.07) is 9.17. The molecule has 0 saturated heterocycles. The van der Waals surface area contributed by atoms with Gasteiger partial charge in [-0.15, -0.1) is 0 Å². The van der Waals surface area contributed by atoms with Crippen LogP contribution in [-0.4, -0.2) is 13.0 Å². The molecule has 0 radical (unpaired) electrons. The Labute approximate surface area is 199 Å². The van der Waals surface area contributed by atoms with E-state index in [4.69, 9.17) is 0 Å². The smallest absolute Gasteiger partial charge is 0.744 e. The van der Waals surface area contributed by atoms with E-state index >= 15 is 0 Å². The summed E-state index contributed by atoms with van der Waals surface area (Å²) in [5, 5.41) is 1.61. The van der Waals surface area contributed by atoms with Gasteiger partial charge in [0.25, 0.3) is 0 Å². The Balaban J connectivity index is 0.00000420. The first-order chi connectivity index (χ1) is 13.5. The zero-order valence-corrected chi connectivity index (χ0v) is 21.3. The first kappa shape index (κ1) is 26.6. The maximum atomic E-state index is 11.8. The Bertz CT molecular complexity index is 826. The zero-order valence-electron chi connectivity index (χ0n) is 18.5. The molecule has 2 aromatic carbocycles. The average molecular weight is 427 g/mol. The van der Waals surface area contributed by atoms with Crippen molar-refractivity contribution in [1.29, 1.82) is 0 Å². The van der Waals surface area contributed by atoms with E-state index in [1.807, 2.05) is 12.1 Å². The summed E-state index contributed by atoms with van der Waals surface area (Å²) >= 11 is 0. The second-order valence-corrected chi connectivity index (χ2v) is 9.19. The van der Waals surface area contributed by atoms with E-state index in [0.717, 1.165) is 31.1 Å². The molecule has 0 aliphatic heterocycles. The van der Waals surface area contributed by atoms with E-state index in [1.165, 1.54) is 68.6 Å². The normalized spacial score (nSPS) is 11.6. The van der Waals surface area contributed by atoms with Crippen LogP contribution in [-0.2, 0) is 23.0 Å².